The van der Waals surface area contributed by atoms with Crippen LogP contribution >= 0.6 is 11.3 Å². The zero-order valence-electron chi connectivity index (χ0n) is 11.2. The normalized spacial score (nSPS) is 23.6. The van der Waals surface area contributed by atoms with E-state index in [4.69, 9.17) is 0 Å². The third-order valence-corrected chi connectivity index (χ3v) is 4.24. The number of amides is 2. The van der Waals surface area contributed by atoms with Gasteiger partial charge in [-0.1, -0.05) is 6.07 Å². The van der Waals surface area contributed by atoms with Crippen molar-refractivity contribution < 1.29 is 19.8 Å². The molecule has 1 aliphatic heterocycles. The highest BCUT2D eigenvalue weighted by Gasteiger charge is 2.33. The molecule has 1 aliphatic rings. The second-order valence-corrected chi connectivity index (χ2v) is 5.89. The maximum Gasteiger partial charge on any atom is 0.225 e. The minimum absolute atomic E-state index is 0.125. The number of nitrogens with one attached hydrogen (secondary N) is 1. The van der Waals surface area contributed by atoms with Gasteiger partial charge >= 0.3 is 0 Å². The average molecular weight is 298 g/mol. The topological polar surface area (TPSA) is 89.9 Å². The van der Waals surface area contributed by atoms with E-state index in [-0.39, 0.29) is 37.4 Å². The van der Waals surface area contributed by atoms with E-state index in [1.54, 1.807) is 0 Å². The average Bonchev–Trinajstić information content (AvgIpc) is 2.99. The van der Waals surface area contributed by atoms with E-state index in [1.807, 2.05) is 17.5 Å². The van der Waals surface area contributed by atoms with Gasteiger partial charge in [0.15, 0.2) is 0 Å². The van der Waals surface area contributed by atoms with E-state index >= 15 is 0 Å². The monoisotopic (exact) mass is 298 g/mol. The molecule has 0 aliphatic carbocycles. The summed E-state index contributed by atoms with van der Waals surface area (Å²) in [5, 5.41) is 23.6. The summed E-state index contributed by atoms with van der Waals surface area (Å²) >= 11 is 1.47. The highest BCUT2D eigenvalue weighted by molar-refractivity contribution is 7.10. The van der Waals surface area contributed by atoms with Gasteiger partial charge in [0.05, 0.1) is 24.7 Å². The molecule has 7 heteroatoms. The Kier molecular flexibility index (Phi) is 4.74. The van der Waals surface area contributed by atoms with Gasteiger partial charge in [-0.2, -0.15) is 0 Å². The maximum absolute atomic E-state index is 12.2. The van der Waals surface area contributed by atoms with E-state index in [2.05, 4.69) is 5.32 Å². The van der Waals surface area contributed by atoms with Crippen molar-refractivity contribution in [2.45, 2.75) is 31.6 Å². The lowest BCUT2D eigenvalue weighted by molar-refractivity contribution is -0.131. The van der Waals surface area contributed by atoms with Crippen LogP contribution in [0, 0.1) is 0 Å². The van der Waals surface area contributed by atoms with Crippen molar-refractivity contribution in [2.24, 2.45) is 0 Å². The lowest BCUT2D eigenvalue weighted by atomic mass is 10.1. The standard InChI is InChI=1S/C13H18N2O4S/c1-8(16)14-9(12-3-2-4-20-12)5-13(19)15-6-10(17)11(18)7-15/h2-4,9-11,17-18H,5-7H2,1H3,(H,14,16). The minimum atomic E-state index is -0.889. The zero-order chi connectivity index (χ0) is 14.7. The van der Waals surface area contributed by atoms with Crippen LogP contribution in [0.2, 0.25) is 0 Å². The van der Waals surface area contributed by atoms with Crippen LogP contribution in [-0.2, 0) is 9.59 Å². The first-order valence-electron chi connectivity index (χ1n) is 6.41. The van der Waals surface area contributed by atoms with Gasteiger partial charge in [-0.3, -0.25) is 9.59 Å². The van der Waals surface area contributed by atoms with E-state index < -0.39 is 12.2 Å². The first-order valence-corrected chi connectivity index (χ1v) is 7.29. The van der Waals surface area contributed by atoms with Crippen LogP contribution in [0.1, 0.15) is 24.3 Å². The molecule has 2 amide bonds. The van der Waals surface area contributed by atoms with E-state index in [1.165, 1.54) is 23.2 Å². The minimum Gasteiger partial charge on any atom is -0.388 e. The van der Waals surface area contributed by atoms with E-state index in [9.17, 15) is 19.8 Å². The number of aliphatic hydroxyl groups is 2. The molecule has 3 N–H and O–H groups in total. The smallest absolute Gasteiger partial charge is 0.225 e. The van der Waals surface area contributed by atoms with Gasteiger partial charge in [0, 0.05) is 24.9 Å². The molecule has 2 heterocycles. The Hall–Kier alpha value is -1.44. The molecule has 0 saturated carbocycles. The number of β-amino-alcohol motifs (C(OH)–C–C–N with tert-alkyl or cyclic N) is 2. The summed E-state index contributed by atoms with van der Waals surface area (Å²) in [5.74, 6) is -0.384. The number of rotatable bonds is 4. The van der Waals surface area contributed by atoms with Crippen LogP contribution in [0.4, 0.5) is 0 Å². The summed E-state index contributed by atoms with van der Waals surface area (Å²) in [7, 11) is 0. The quantitative estimate of drug-likeness (QED) is 0.723. The van der Waals surface area contributed by atoms with Crippen LogP contribution < -0.4 is 5.32 Å². The zero-order valence-corrected chi connectivity index (χ0v) is 12.0. The Morgan fingerprint density at radius 2 is 2.10 bits per heavy atom. The Bertz CT molecular complexity index is 467. The SMILES string of the molecule is CC(=O)NC(CC(=O)N1CC(O)C(O)C1)c1cccs1. The predicted octanol–water partition coefficient (Wildman–Crippen LogP) is -0.121. The summed E-state index contributed by atoms with van der Waals surface area (Å²) in [6, 6.07) is 3.37. The third kappa shape index (κ3) is 3.56. The molecule has 0 aromatic carbocycles. The maximum atomic E-state index is 12.2. The second-order valence-electron chi connectivity index (χ2n) is 4.91. The molecule has 110 valence electrons. The summed E-state index contributed by atoms with van der Waals surface area (Å²) in [6.45, 7) is 1.68. The molecular formula is C13H18N2O4S. The number of thiophene rings is 1. The van der Waals surface area contributed by atoms with Crippen LogP contribution in [0.5, 0.6) is 0 Å². The van der Waals surface area contributed by atoms with Crippen LogP contribution in [0.25, 0.3) is 0 Å². The third-order valence-electron chi connectivity index (χ3n) is 3.25. The van der Waals surface area contributed by atoms with E-state index in [0.29, 0.717) is 0 Å². The molecule has 0 radical (unpaired) electrons. The highest BCUT2D eigenvalue weighted by atomic mass is 32.1. The molecule has 1 fully saturated rings. The van der Waals surface area contributed by atoms with Gasteiger partial charge in [0.25, 0.3) is 0 Å². The van der Waals surface area contributed by atoms with Gasteiger partial charge in [0.1, 0.15) is 0 Å². The highest BCUT2D eigenvalue weighted by Crippen LogP contribution is 2.24. The number of hydrogen-bond acceptors (Lipinski definition) is 5. The summed E-state index contributed by atoms with van der Waals surface area (Å²) in [4.78, 5) is 25.8. The van der Waals surface area contributed by atoms with Gasteiger partial charge in [-0.25, -0.2) is 0 Å². The molecule has 1 saturated heterocycles. The van der Waals surface area contributed by atoms with Gasteiger partial charge in [0.2, 0.25) is 11.8 Å². The fourth-order valence-corrected chi connectivity index (χ4v) is 3.01. The fourth-order valence-electron chi connectivity index (χ4n) is 2.23. The first-order chi connectivity index (χ1) is 9.47. The van der Waals surface area contributed by atoms with Crippen molar-refractivity contribution in [3.05, 3.63) is 22.4 Å². The Morgan fingerprint density at radius 3 is 2.60 bits per heavy atom. The Balaban J connectivity index is 2.01. The molecule has 3 atom stereocenters. The summed E-state index contributed by atoms with van der Waals surface area (Å²) < 4.78 is 0. The summed E-state index contributed by atoms with van der Waals surface area (Å²) in [6.07, 6.45) is -1.65. The van der Waals surface area contributed by atoms with Crippen LogP contribution in [-0.4, -0.2) is 52.2 Å². The lowest BCUT2D eigenvalue weighted by Crippen LogP contribution is -2.35. The Labute approximate surface area is 121 Å². The van der Waals surface area contributed by atoms with Gasteiger partial charge in [-0.05, 0) is 11.4 Å². The second kappa shape index (κ2) is 6.34. The lowest BCUT2D eigenvalue weighted by Gasteiger charge is -2.20. The van der Waals surface area contributed by atoms with Crippen molar-refractivity contribution in [3.63, 3.8) is 0 Å². The molecule has 3 unspecified atom stereocenters. The molecule has 0 bridgehead atoms. The van der Waals surface area contributed by atoms with Crippen molar-refractivity contribution in [2.75, 3.05) is 13.1 Å². The summed E-state index contributed by atoms with van der Waals surface area (Å²) in [5.41, 5.74) is 0. The largest absolute Gasteiger partial charge is 0.388 e. The number of likely N-dealkylation sites (tertiary alicyclic amines) is 1. The number of nitrogens with zero attached hydrogens (tertiary/aromatic N) is 1. The van der Waals surface area contributed by atoms with Crippen LogP contribution in [0.3, 0.4) is 0 Å². The van der Waals surface area contributed by atoms with E-state index in [0.717, 1.165) is 4.88 Å². The molecule has 6 nitrogen and oxygen atoms in total. The molecule has 1 aromatic heterocycles. The molecule has 0 spiro atoms. The first kappa shape index (κ1) is 15.0. The number of carbonyl (C=O) groups excluding carboxylic acids is 2. The number of aliphatic hydroxyl groups excluding tert-OH is 2. The van der Waals surface area contributed by atoms with Gasteiger partial charge < -0.3 is 20.4 Å². The molecular weight excluding hydrogens is 280 g/mol. The number of hydrogen-bond donors (Lipinski definition) is 3. The molecule has 2 rings (SSSR count). The predicted molar refractivity (Wildman–Crippen MR) is 74.1 cm³/mol. The molecule has 20 heavy (non-hydrogen) atoms. The van der Waals surface area contributed by atoms with Crippen molar-refractivity contribution in [1.82, 2.24) is 10.2 Å². The van der Waals surface area contributed by atoms with Crippen molar-refractivity contribution in [3.8, 4) is 0 Å². The Morgan fingerprint density at radius 1 is 1.45 bits per heavy atom. The van der Waals surface area contributed by atoms with Gasteiger partial charge in [-0.15, -0.1) is 11.3 Å². The van der Waals surface area contributed by atoms with Crippen molar-refractivity contribution >= 4 is 23.2 Å². The molecule has 1 aromatic rings. The van der Waals surface area contributed by atoms with Crippen LogP contribution in [0.15, 0.2) is 17.5 Å². The van der Waals surface area contributed by atoms with Crippen molar-refractivity contribution in [1.29, 1.82) is 0 Å². The fraction of sp³-hybridized carbons (Fsp3) is 0.538. The number of carbonyl (C=O) groups is 2.